The third-order valence-electron chi connectivity index (χ3n) is 1.78. The SMILES string of the molecule is C[C@H]1COc2ccccc2N1.Cl. The fraction of sp³-hybridized carbons (Fsp3) is 0.333. The molecule has 12 heavy (non-hydrogen) atoms. The molecule has 0 bridgehead atoms. The predicted octanol–water partition coefficient (Wildman–Crippen LogP) is 2.30. The summed E-state index contributed by atoms with van der Waals surface area (Å²) >= 11 is 0. The van der Waals surface area contributed by atoms with E-state index in [-0.39, 0.29) is 12.4 Å². The van der Waals surface area contributed by atoms with Crippen molar-refractivity contribution in [3.8, 4) is 5.75 Å². The summed E-state index contributed by atoms with van der Waals surface area (Å²) in [5.74, 6) is 0.964. The van der Waals surface area contributed by atoms with Gasteiger partial charge in [0.15, 0.2) is 0 Å². The average Bonchev–Trinajstić information content (AvgIpc) is 2.04. The van der Waals surface area contributed by atoms with E-state index < -0.39 is 0 Å². The van der Waals surface area contributed by atoms with Gasteiger partial charge in [-0.05, 0) is 19.1 Å². The summed E-state index contributed by atoms with van der Waals surface area (Å²) in [5.41, 5.74) is 1.10. The van der Waals surface area contributed by atoms with Crippen LogP contribution in [0.3, 0.4) is 0 Å². The minimum atomic E-state index is 0. The van der Waals surface area contributed by atoms with E-state index in [4.69, 9.17) is 4.74 Å². The van der Waals surface area contributed by atoms with Crippen molar-refractivity contribution in [3.63, 3.8) is 0 Å². The molecule has 66 valence electrons. The van der Waals surface area contributed by atoms with Crippen LogP contribution in [0.25, 0.3) is 0 Å². The molecule has 0 aromatic heterocycles. The van der Waals surface area contributed by atoms with Gasteiger partial charge < -0.3 is 10.1 Å². The molecule has 1 aromatic carbocycles. The van der Waals surface area contributed by atoms with Gasteiger partial charge in [0.1, 0.15) is 12.4 Å². The smallest absolute Gasteiger partial charge is 0.142 e. The summed E-state index contributed by atoms with van der Waals surface area (Å²) in [5, 5.41) is 3.33. The molecule has 0 radical (unpaired) electrons. The second-order valence-corrected chi connectivity index (χ2v) is 2.85. The minimum Gasteiger partial charge on any atom is -0.489 e. The molecular weight excluding hydrogens is 174 g/mol. The topological polar surface area (TPSA) is 21.3 Å². The highest BCUT2D eigenvalue weighted by molar-refractivity contribution is 5.85. The Kier molecular flexibility index (Phi) is 2.82. The maximum Gasteiger partial charge on any atom is 0.142 e. The van der Waals surface area contributed by atoms with Gasteiger partial charge in [-0.25, -0.2) is 0 Å². The standard InChI is InChI=1S/C9H11NO.ClH/c1-7-6-11-9-5-3-2-4-8(9)10-7;/h2-5,7,10H,6H2,1H3;1H/t7-;/m0./s1. The molecule has 1 aliphatic rings. The molecule has 0 saturated heterocycles. The van der Waals surface area contributed by atoms with Crippen molar-refractivity contribution < 1.29 is 4.74 Å². The van der Waals surface area contributed by atoms with Gasteiger partial charge in [0.25, 0.3) is 0 Å². The highest BCUT2D eigenvalue weighted by atomic mass is 35.5. The van der Waals surface area contributed by atoms with Crippen LogP contribution in [0.5, 0.6) is 5.75 Å². The second-order valence-electron chi connectivity index (χ2n) is 2.85. The van der Waals surface area contributed by atoms with Crippen LogP contribution in [-0.4, -0.2) is 12.6 Å². The van der Waals surface area contributed by atoms with Gasteiger partial charge in [-0.1, -0.05) is 12.1 Å². The Morgan fingerprint density at radius 1 is 1.42 bits per heavy atom. The molecule has 1 heterocycles. The zero-order chi connectivity index (χ0) is 7.68. The van der Waals surface area contributed by atoms with E-state index in [2.05, 4.69) is 12.2 Å². The number of para-hydroxylation sites is 2. The zero-order valence-corrected chi connectivity index (χ0v) is 7.73. The summed E-state index contributed by atoms with van der Waals surface area (Å²) < 4.78 is 5.47. The van der Waals surface area contributed by atoms with E-state index in [0.717, 1.165) is 18.0 Å². The normalized spacial score (nSPS) is 19.6. The van der Waals surface area contributed by atoms with Crippen molar-refractivity contribution in [2.24, 2.45) is 0 Å². The Morgan fingerprint density at radius 2 is 2.17 bits per heavy atom. The third kappa shape index (κ3) is 1.64. The van der Waals surface area contributed by atoms with Gasteiger partial charge in [-0.3, -0.25) is 0 Å². The maximum absolute atomic E-state index is 5.47. The van der Waals surface area contributed by atoms with Crippen molar-refractivity contribution in [2.75, 3.05) is 11.9 Å². The lowest BCUT2D eigenvalue weighted by Gasteiger charge is -2.24. The molecule has 0 unspecified atom stereocenters. The number of anilines is 1. The first-order chi connectivity index (χ1) is 5.36. The summed E-state index contributed by atoms with van der Waals surface area (Å²) in [6.45, 7) is 2.87. The molecule has 1 N–H and O–H groups in total. The number of hydrogen-bond donors (Lipinski definition) is 1. The average molecular weight is 186 g/mol. The Bertz CT molecular complexity index is 264. The first kappa shape index (κ1) is 9.20. The van der Waals surface area contributed by atoms with E-state index in [1.807, 2.05) is 24.3 Å². The fourth-order valence-electron chi connectivity index (χ4n) is 1.23. The number of rotatable bonds is 0. The summed E-state index contributed by atoms with van der Waals surface area (Å²) in [4.78, 5) is 0. The van der Waals surface area contributed by atoms with Gasteiger partial charge in [-0.15, -0.1) is 12.4 Å². The van der Waals surface area contributed by atoms with Crippen LogP contribution < -0.4 is 10.1 Å². The molecule has 0 fully saturated rings. The molecule has 1 aliphatic heterocycles. The minimum absolute atomic E-state index is 0. The highest BCUT2D eigenvalue weighted by Crippen LogP contribution is 2.27. The van der Waals surface area contributed by atoms with Crippen LogP contribution in [0.15, 0.2) is 24.3 Å². The van der Waals surface area contributed by atoms with Gasteiger partial charge in [0.05, 0.1) is 11.7 Å². The van der Waals surface area contributed by atoms with Gasteiger partial charge in [-0.2, -0.15) is 0 Å². The lowest BCUT2D eigenvalue weighted by atomic mass is 10.2. The van der Waals surface area contributed by atoms with Crippen molar-refractivity contribution >= 4 is 18.1 Å². The molecule has 0 aliphatic carbocycles. The van der Waals surface area contributed by atoms with Crippen LogP contribution in [-0.2, 0) is 0 Å². The fourth-order valence-corrected chi connectivity index (χ4v) is 1.23. The van der Waals surface area contributed by atoms with E-state index in [0.29, 0.717) is 6.04 Å². The van der Waals surface area contributed by atoms with Crippen molar-refractivity contribution in [2.45, 2.75) is 13.0 Å². The monoisotopic (exact) mass is 185 g/mol. The number of benzene rings is 1. The van der Waals surface area contributed by atoms with E-state index in [1.165, 1.54) is 0 Å². The van der Waals surface area contributed by atoms with Crippen LogP contribution in [0, 0.1) is 0 Å². The molecule has 3 heteroatoms. The quantitative estimate of drug-likeness (QED) is 0.670. The zero-order valence-electron chi connectivity index (χ0n) is 6.91. The summed E-state index contributed by atoms with van der Waals surface area (Å²) in [6, 6.07) is 8.42. The first-order valence-corrected chi connectivity index (χ1v) is 3.84. The van der Waals surface area contributed by atoms with E-state index in [1.54, 1.807) is 0 Å². The van der Waals surface area contributed by atoms with Gasteiger partial charge in [0, 0.05) is 0 Å². The Labute approximate surface area is 78.3 Å². The lowest BCUT2D eigenvalue weighted by Crippen LogP contribution is -2.27. The summed E-state index contributed by atoms with van der Waals surface area (Å²) in [7, 11) is 0. The van der Waals surface area contributed by atoms with Crippen molar-refractivity contribution in [1.29, 1.82) is 0 Å². The van der Waals surface area contributed by atoms with E-state index >= 15 is 0 Å². The lowest BCUT2D eigenvalue weighted by molar-refractivity contribution is 0.292. The molecule has 1 aromatic rings. The number of halogens is 1. The molecular formula is C9H12ClNO. The third-order valence-corrected chi connectivity index (χ3v) is 1.78. The number of fused-ring (bicyclic) bond motifs is 1. The molecule has 0 spiro atoms. The Hall–Kier alpha value is -0.890. The van der Waals surface area contributed by atoms with Crippen molar-refractivity contribution in [1.82, 2.24) is 0 Å². The first-order valence-electron chi connectivity index (χ1n) is 3.84. The molecule has 2 nitrogen and oxygen atoms in total. The molecule has 0 amide bonds. The number of nitrogens with one attached hydrogen (secondary N) is 1. The van der Waals surface area contributed by atoms with Crippen LogP contribution in [0.1, 0.15) is 6.92 Å². The van der Waals surface area contributed by atoms with Crippen LogP contribution >= 0.6 is 12.4 Å². The largest absolute Gasteiger partial charge is 0.489 e. The highest BCUT2D eigenvalue weighted by Gasteiger charge is 2.12. The number of hydrogen-bond acceptors (Lipinski definition) is 2. The molecule has 1 atom stereocenters. The summed E-state index contributed by atoms with van der Waals surface area (Å²) in [6.07, 6.45) is 0. The van der Waals surface area contributed by atoms with E-state index in [9.17, 15) is 0 Å². The van der Waals surface area contributed by atoms with Crippen LogP contribution in [0.2, 0.25) is 0 Å². The Morgan fingerprint density at radius 3 is 3.00 bits per heavy atom. The Balaban J connectivity index is 0.000000720. The second kappa shape index (κ2) is 3.68. The van der Waals surface area contributed by atoms with Crippen LogP contribution in [0.4, 0.5) is 5.69 Å². The maximum atomic E-state index is 5.47. The van der Waals surface area contributed by atoms with Gasteiger partial charge in [0.2, 0.25) is 0 Å². The van der Waals surface area contributed by atoms with Gasteiger partial charge >= 0.3 is 0 Å². The predicted molar refractivity (Wildman–Crippen MR) is 52.3 cm³/mol. The van der Waals surface area contributed by atoms with Crippen molar-refractivity contribution in [3.05, 3.63) is 24.3 Å². The molecule has 2 rings (SSSR count). The number of ether oxygens (including phenoxy) is 1. The molecule has 0 saturated carbocycles.